The van der Waals surface area contributed by atoms with Crippen LogP contribution in [-0.2, 0) is 19.3 Å². The van der Waals surface area contributed by atoms with E-state index < -0.39 is 0 Å². The Morgan fingerprint density at radius 1 is 0.440 bits per heavy atom. The van der Waals surface area contributed by atoms with Crippen LogP contribution in [0, 0.1) is 0 Å². The SMILES string of the molecule is c1cc2c3c(cccc3c1)CC2.c1ccc2c(c1)Cc1ccccc1-2. The number of benzene rings is 4. The van der Waals surface area contributed by atoms with E-state index in [4.69, 9.17) is 0 Å². The van der Waals surface area contributed by atoms with Crippen molar-refractivity contribution in [2.75, 3.05) is 0 Å². The second-order valence-corrected chi connectivity index (χ2v) is 6.92. The summed E-state index contributed by atoms with van der Waals surface area (Å²) in [6, 6.07) is 30.5. The van der Waals surface area contributed by atoms with Gasteiger partial charge in [-0.2, -0.15) is 0 Å². The highest BCUT2D eigenvalue weighted by Crippen LogP contribution is 2.35. The van der Waals surface area contributed by atoms with Crippen molar-refractivity contribution < 1.29 is 0 Å². The minimum atomic E-state index is 1.10. The van der Waals surface area contributed by atoms with Crippen LogP contribution in [0.25, 0.3) is 21.9 Å². The van der Waals surface area contributed by atoms with Gasteiger partial charge in [-0.3, -0.25) is 0 Å². The molecule has 120 valence electrons. The molecule has 0 aliphatic heterocycles. The molecular weight excluding hydrogens is 300 g/mol. The van der Waals surface area contributed by atoms with Crippen LogP contribution in [0.15, 0.2) is 84.9 Å². The summed E-state index contributed by atoms with van der Waals surface area (Å²) in [5.41, 5.74) is 8.81. The quantitative estimate of drug-likeness (QED) is 0.319. The maximum Gasteiger partial charge on any atom is -0.00135 e. The summed E-state index contributed by atoms with van der Waals surface area (Å²) in [6.45, 7) is 0. The molecule has 6 rings (SSSR count). The highest BCUT2D eigenvalue weighted by atomic mass is 14.2. The molecule has 0 saturated carbocycles. The summed E-state index contributed by atoms with van der Waals surface area (Å²) in [7, 11) is 0. The molecule has 0 unspecified atom stereocenters. The summed E-state index contributed by atoms with van der Waals surface area (Å²) in [5, 5.41) is 2.92. The molecule has 25 heavy (non-hydrogen) atoms. The van der Waals surface area contributed by atoms with Crippen LogP contribution in [0.1, 0.15) is 22.3 Å². The molecule has 0 bridgehead atoms. The van der Waals surface area contributed by atoms with Crippen LogP contribution in [-0.4, -0.2) is 0 Å². The van der Waals surface area contributed by atoms with E-state index in [0.29, 0.717) is 0 Å². The Bertz CT molecular complexity index is 990. The average Bonchev–Trinajstić information content (AvgIpc) is 3.26. The Balaban J connectivity index is 0.000000112. The first-order valence-corrected chi connectivity index (χ1v) is 9.06. The molecule has 0 heteroatoms. The predicted molar refractivity (Wildman–Crippen MR) is 106 cm³/mol. The van der Waals surface area contributed by atoms with Crippen LogP contribution in [0.4, 0.5) is 0 Å². The molecule has 0 fully saturated rings. The number of hydrogen-bond donors (Lipinski definition) is 0. The first-order chi connectivity index (χ1) is 12.4. The van der Waals surface area contributed by atoms with Crippen molar-refractivity contribution in [2.24, 2.45) is 0 Å². The minimum Gasteiger partial charge on any atom is -0.0619 e. The Labute approximate surface area is 148 Å². The van der Waals surface area contributed by atoms with Crippen LogP contribution in [0.5, 0.6) is 0 Å². The highest BCUT2D eigenvalue weighted by Gasteiger charge is 2.16. The maximum atomic E-state index is 2.25. The number of fused-ring (bicyclic) bond motifs is 3. The normalized spacial score (nSPS) is 13.1. The van der Waals surface area contributed by atoms with Gasteiger partial charge in [-0.25, -0.2) is 0 Å². The molecule has 0 atom stereocenters. The van der Waals surface area contributed by atoms with Gasteiger partial charge in [0.15, 0.2) is 0 Å². The fourth-order valence-electron chi connectivity index (χ4n) is 4.27. The molecule has 0 N–H and O–H groups in total. The fourth-order valence-corrected chi connectivity index (χ4v) is 4.27. The molecule has 0 spiro atoms. The average molecular weight is 320 g/mol. The van der Waals surface area contributed by atoms with Gasteiger partial charge in [-0.05, 0) is 63.4 Å². The van der Waals surface area contributed by atoms with Crippen LogP contribution < -0.4 is 0 Å². The lowest BCUT2D eigenvalue weighted by molar-refractivity contribution is 1.02. The minimum absolute atomic E-state index is 1.10. The topological polar surface area (TPSA) is 0 Å². The van der Waals surface area contributed by atoms with Crippen LogP contribution >= 0.6 is 0 Å². The summed E-state index contributed by atoms with van der Waals surface area (Å²) in [5.74, 6) is 0. The monoisotopic (exact) mass is 320 g/mol. The molecule has 4 aromatic rings. The first kappa shape index (κ1) is 14.5. The predicted octanol–water partition coefficient (Wildman–Crippen LogP) is 6.20. The molecule has 0 aromatic heterocycles. The van der Waals surface area contributed by atoms with E-state index in [9.17, 15) is 0 Å². The van der Waals surface area contributed by atoms with E-state index in [1.807, 2.05) is 0 Å². The third-order valence-electron chi connectivity index (χ3n) is 5.45. The molecule has 0 heterocycles. The third-order valence-corrected chi connectivity index (χ3v) is 5.45. The van der Waals surface area contributed by atoms with Crippen LogP contribution in [0.2, 0.25) is 0 Å². The van der Waals surface area contributed by atoms with Gasteiger partial charge >= 0.3 is 0 Å². The molecule has 0 saturated heterocycles. The largest absolute Gasteiger partial charge is 0.0619 e. The van der Waals surface area contributed by atoms with Crippen molar-refractivity contribution in [3.8, 4) is 11.1 Å². The summed E-state index contributed by atoms with van der Waals surface area (Å²) >= 11 is 0. The van der Waals surface area contributed by atoms with Gasteiger partial charge in [0.1, 0.15) is 0 Å². The second kappa shape index (κ2) is 5.89. The first-order valence-electron chi connectivity index (χ1n) is 9.06. The molecule has 0 radical (unpaired) electrons. The van der Waals surface area contributed by atoms with Crippen molar-refractivity contribution in [3.05, 3.63) is 107 Å². The standard InChI is InChI=1S/C13H10.C12H10/c1-3-7-12-10(5-1)9-11-6-2-4-8-13(11)12;1-3-9-4-2-6-11-8-7-10(5-1)12(9)11/h1-8H,9H2;1-6H,7-8H2. The number of aryl methyl sites for hydroxylation is 2. The zero-order chi connectivity index (χ0) is 16.6. The van der Waals surface area contributed by atoms with Crippen LogP contribution in [0.3, 0.4) is 0 Å². The zero-order valence-electron chi connectivity index (χ0n) is 14.2. The molecule has 2 aliphatic carbocycles. The van der Waals surface area contributed by atoms with Gasteiger partial charge in [-0.15, -0.1) is 0 Å². The van der Waals surface area contributed by atoms with E-state index >= 15 is 0 Å². The molecule has 0 amide bonds. The maximum absolute atomic E-state index is 2.25. The van der Waals surface area contributed by atoms with E-state index in [1.165, 1.54) is 57.0 Å². The summed E-state index contributed by atoms with van der Waals surface area (Å²) < 4.78 is 0. The Kier molecular flexibility index (Phi) is 3.41. The molecular formula is C25H20. The van der Waals surface area contributed by atoms with Crippen molar-refractivity contribution in [2.45, 2.75) is 19.3 Å². The van der Waals surface area contributed by atoms with Gasteiger partial charge in [-0.1, -0.05) is 84.9 Å². The summed E-state index contributed by atoms with van der Waals surface area (Å²) in [6.07, 6.45) is 3.57. The van der Waals surface area contributed by atoms with Gasteiger partial charge < -0.3 is 0 Å². The fraction of sp³-hybridized carbons (Fsp3) is 0.120. The Hall–Kier alpha value is -2.86. The zero-order valence-corrected chi connectivity index (χ0v) is 14.2. The van der Waals surface area contributed by atoms with Crippen molar-refractivity contribution in [1.82, 2.24) is 0 Å². The van der Waals surface area contributed by atoms with E-state index in [2.05, 4.69) is 84.9 Å². The lowest BCUT2D eigenvalue weighted by Crippen LogP contribution is -1.77. The number of hydrogen-bond acceptors (Lipinski definition) is 0. The lowest BCUT2D eigenvalue weighted by Gasteiger charge is -1.99. The van der Waals surface area contributed by atoms with Crippen molar-refractivity contribution in [1.29, 1.82) is 0 Å². The number of rotatable bonds is 0. The van der Waals surface area contributed by atoms with Gasteiger partial charge in [0.05, 0.1) is 0 Å². The van der Waals surface area contributed by atoms with E-state index in [0.717, 1.165) is 6.42 Å². The van der Waals surface area contributed by atoms with Gasteiger partial charge in [0, 0.05) is 0 Å². The smallest absolute Gasteiger partial charge is 0.00135 e. The highest BCUT2D eigenvalue weighted by molar-refractivity contribution is 5.90. The van der Waals surface area contributed by atoms with Crippen molar-refractivity contribution in [3.63, 3.8) is 0 Å². The third kappa shape index (κ3) is 2.46. The second-order valence-electron chi connectivity index (χ2n) is 6.92. The van der Waals surface area contributed by atoms with E-state index in [1.54, 1.807) is 0 Å². The van der Waals surface area contributed by atoms with Crippen molar-refractivity contribution >= 4 is 10.8 Å². The Morgan fingerprint density at radius 3 is 1.48 bits per heavy atom. The summed E-state index contributed by atoms with van der Waals surface area (Å²) in [4.78, 5) is 0. The molecule has 2 aliphatic rings. The Morgan fingerprint density at radius 2 is 0.920 bits per heavy atom. The van der Waals surface area contributed by atoms with Gasteiger partial charge in [0.25, 0.3) is 0 Å². The molecule has 0 nitrogen and oxygen atoms in total. The lowest BCUT2D eigenvalue weighted by atomic mass is 10.1. The van der Waals surface area contributed by atoms with E-state index in [-0.39, 0.29) is 0 Å². The molecule has 4 aromatic carbocycles. The van der Waals surface area contributed by atoms with Gasteiger partial charge in [0.2, 0.25) is 0 Å².